The molecule has 3 N–H and O–H groups in total. The summed E-state index contributed by atoms with van der Waals surface area (Å²) in [4.78, 5) is 15.4. The highest BCUT2D eigenvalue weighted by molar-refractivity contribution is 8.14. The van der Waals surface area contributed by atoms with Crippen LogP contribution in [0.15, 0.2) is 4.99 Å². The van der Waals surface area contributed by atoms with Crippen molar-refractivity contribution in [1.82, 2.24) is 5.32 Å². The van der Waals surface area contributed by atoms with Gasteiger partial charge in [-0.05, 0) is 25.7 Å². The third-order valence-electron chi connectivity index (χ3n) is 3.78. The van der Waals surface area contributed by atoms with Gasteiger partial charge < -0.3 is 11.1 Å². The molecule has 102 valence electrons. The minimum absolute atomic E-state index is 0.0198. The summed E-state index contributed by atoms with van der Waals surface area (Å²) in [5.41, 5.74) is 5.44. The Hall–Kier alpha value is -0.710. The van der Waals surface area contributed by atoms with Crippen LogP contribution in [0.2, 0.25) is 0 Å². The van der Waals surface area contributed by atoms with Crippen LogP contribution in [0.4, 0.5) is 0 Å². The lowest BCUT2D eigenvalue weighted by Gasteiger charge is -2.36. The highest BCUT2D eigenvalue weighted by Gasteiger charge is 2.40. The number of nitrogens with two attached hydrogens (primary N) is 1. The Labute approximate surface area is 113 Å². The zero-order valence-electron chi connectivity index (χ0n) is 11.2. The van der Waals surface area contributed by atoms with Gasteiger partial charge in [0.05, 0.1) is 6.04 Å². The van der Waals surface area contributed by atoms with Crippen LogP contribution in [0, 0.1) is 5.92 Å². The Bertz CT molecular complexity index is 358. The highest BCUT2D eigenvalue weighted by Crippen LogP contribution is 2.38. The average molecular weight is 269 g/mol. The second-order valence-electron chi connectivity index (χ2n) is 5.85. The van der Waals surface area contributed by atoms with Gasteiger partial charge in [-0.1, -0.05) is 31.5 Å². The molecule has 3 atom stereocenters. The summed E-state index contributed by atoms with van der Waals surface area (Å²) in [5, 5.41) is 4.60. The standard InChI is InChI=1S/C13H23N3OS/c1-9-4-3-5-13(7-9)8-18-12(16-13)15-10(2)6-11(14)17/h9-10H,3-8H2,1-2H3,(H2,14,17)(H,15,16). The van der Waals surface area contributed by atoms with Gasteiger partial charge in [-0.3, -0.25) is 9.79 Å². The van der Waals surface area contributed by atoms with Gasteiger partial charge in [0.2, 0.25) is 5.91 Å². The Morgan fingerprint density at radius 2 is 2.50 bits per heavy atom. The summed E-state index contributed by atoms with van der Waals surface area (Å²) in [6, 6.07) is -0.0198. The summed E-state index contributed by atoms with van der Waals surface area (Å²) in [5.74, 6) is 1.63. The molecule has 1 saturated carbocycles. The van der Waals surface area contributed by atoms with Crippen molar-refractivity contribution >= 4 is 22.8 Å². The van der Waals surface area contributed by atoms with Crippen molar-refractivity contribution in [3.63, 3.8) is 0 Å². The quantitative estimate of drug-likeness (QED) is 0.822. The molecule has 1 aliphatic carbocycles. The fourth-order valence-corrected chi connectivity index (χ4v) is 4.31. The lowest BCUT2D eigenvalue weighted by Crippen LogP contribution is -2.47. The van der Waals surface area contributed by atoms with Gasteiger partial charge >= 0.3 is 0 Å². The van der Waals surface area contributed by atoms with E-state index >= 15 is 0 Å². The van der Waals surface area contributed by atoms with Crippen molar-refractivity contribution < 1.29 is 4.79 Å². The number of nitrogens with one attached hydrogen (secondary N) is 1. The molecule has 1 aliphatic heterocycles. The van der Waals surface area contributed by atoms with E-state index in [0.29, 0.717) is 6.42 Å². The number of thioether (sulfide) groups is 1. The van der Waals surface area contributed by atoms with Crippen LogP contribution >= 0.6 is 11.8 Å². The monoisotopic (exact) mass is 269 g/mol. The molecule has 1 amide bonds. The maximum Gasteiger partial charge on any atom is 0.219 e. The second kappa shape index (κ2) is 5.51. The zero-order chi connectivity index (χ0) is 13.2. The molecule has 1 saturated heterocycles. The summed E-state index contributed by atoms with van der Waals surface area (Å²) >= 11 is 1.79. The van der Waals surface area contributed by atoms with Gasteiger partial charge in [-0.25, -0.2) is 0 Å². The molecule has 3 unspecified atom stereocenters. The Balaban J connectivity index is 1.94. The smallest absolute Gasteiger partial charge is 0.219 e. The van der Waals surface area contributed by atoms with Crippen LogP contribution < -0.4 is 11.1 Å². The van der Waals surface area contributed by atoms with Crippen LogP contribution in [0.25, 0.3) is 0 Å². The number of carbonyl (C=O) groups is 1. The molecule has 5 heteroatoms. The number of amides is 1. The van der Waals surface area contributed by atoms with Gasteiger partial charge in [0.25, 0.3) is 0 Å². The zero-order valence-corrected chi connectivity index (χ0v) is 12.1. The first-order valence-electron chi connectivity index (χ1n) is 6.76. The number of rotatable bonds is 3. The fraction of sp³-hybridized carbons (Fsp3) is 0.846. The van der Waals surface area contributed by atoms with Gasteiger partial charge in [0, 0.05) is 17.7 Å². The number of aliphatic imine (C=N–C) groups is 1. The van der Waals surface area contributed by atoms with Gasteiger partial charge in [0.15, 0.2) is 5.17 Å². The van der Waals surface area contributed by atoms with Crippen molar-refractivity contribution in [2.24, 2.45) is 16.6 Å². The molecule has 2 fully saturated rings. The van der Waals surface area contributed by atoms with Crippen LogP contribution in [-0.2, 0) is 4.79 Å². The van der Waals surface area contributed by atoms with Crippen molar-refractivity contribution in [2.45, 2.75) is 57.5 Å². The number of nitrogens with zero attached hydrogens (tertiary/aromatic N) is 1. The first kappa shape index (κ1) is 13.7. The normalized spacial score (nSPS) is 35.7. The first-order chi connectivity index (χ1) is 8.49. The van der Waals surface area contributed by atoms with Crippen molar-refractivity contribution in [2.75, 3.05) is 5.75 Å². The van der Waals surface area contributed by atoms with E-state index in [1.165, 1.54) is 25.7 Å². The Kier molecular flexibility index (Phi) is 4.20. The second-order valence-corrected chi connectivity index (χ2v) is 6.81. The van der Waals surface area contributed by atoms with Crippen molar-refractivity contribution in [3.8, 4) is 0 Å². The topological polar surface area (TPSA) is 67.5 Å². The van der Waals surface area contributed by atoms with E-state index in [2.05, 4.69) is 17.2 Å². The number of hydrogen-bond acceptors (Lipinski definition) is 3. The Morgan fingerprint density at radius 3 is 3.17 bits per heavy atom. The van der Waals surface area contributed by atoms with Crippen molar-refractivity contribution in [3.05, 3.63) is 0 Å². The lowest BCUT2D eigenvalue weighted by atomic mass is 9.78. The minimum atomic E-state index is -0.282. The van der Waals surface area contributed by atoms with E-state index in [1.807, 2.05) is 6.92 Å². The fourth-order valence-electron chi connectivity index (χ4n) is 3.02. The molecule has 0 bridgehead atoms. The lowest BCUT2D eigenvalue weighted by molar-refractivity contribution is -0.118. The molecule has 0 aromatic carbocycles. The SMILES string of the molecule is CC1CCCC2(CSC(=NC(C)CC(N)=O)N2)C1. The maximum absolute atomic E-state index is 10.8. The van der Waals surface area contributed by atoms with E-state index in [4.69, 9.17) is 5.73 Å². The number of hydrogen-bond donors (Lipinski definition) is 2. The highest BCUT2D eigenvalue weighted by atomic mass is 32.2. The Morgan fingerprint density at radius 1 is 1.72 bits per heavy atom. The van der Waals surface area contributed by atoms with Gasteiger partial charge in [-0.15, -0.1) is 0 Å². The molecule has 0 radical (unpaired) electrons. The van der Waals surface area contributed by atoms with Crippen LogP contribution in [0.5, 0.6) is 0 Å². The molecule has 1 spiro atoms. The largest absolute Gasteiger partial charge is 0.370 e. The van der Waals surface area contributed by atoms with E-state index in [9.17, 15) is 4.79 Å². The van der Waals surface area contributed by atoms with Gasteiger partial charge in [-0.2, -0.15) is 0 Å². The first-order valence-corrected chi connectivity index (χ1v) is 7.75. The summed E-state index contributed by atoms with van der Waals surface area (Å²) in [7, 11) is 0. The van der Waals surface area contributed by atoms with Crippen LogP contribution in [-0.4, -0.2) is 28.4 Å². The third kappa shape index (κ3) is 3.40. The number of carbonyl (C=O) groups excluding carboxylic acids is 1. The number of primary amides is 1. The van der Waals surface area contributed by atoms with Crippen LogP contribution in [0.3, 0.4) is 0 Å². The van der Waals surface area contributed by atoms with E-state index in [1.54, 1.807) is 11.8 Å². The van der Waals surface area contributed by atoms with E-state index in [-0.39, 0.29) is 17.5 Å². The molecule has 2 rings (SSSR count). The van der Waals surface area contributed by atoms with Crippen LogP contribution in [0.1, 0.15) is 46.0 Å². The maximum atomic E-state index is 10.8. The summed E-state index contributed by atoms with van der Waals surface area (Å²) < 4.78 is 0. The molecular formula is C13H23N3OS. The molecule has 4 nitrogen and oxygen atoms in total. The van der Waals surface area contributed by atoms with Crippen molar-refractivity contribution in [1.29, 1.82) is 0 Å². The summed E-state index contributed by atoms with van der Waals surface area (Å²) in [6.07, 6.45) is 5.46. The molecule has 0 aromatic rings. The summed E-state index contributed by atoms with van der Waals surface area (Å²) in [6.45, 7) is 4.27. The minimum Gasteiger partial charge on any atom is -0.370 e. The molecule has 2 aliphatic rings. The van der Waals surface area contributed by atoms with E-state index in [0.717, 1.165) is 16.8 Å². The molecule has 18 heavy (non-hydrogen) atoms. The third-order valence-corrected chi connectivity index (χ3v) is 4.96. The predicted molar refractivity (Wildman–Crippen MR) is 76.7 cm³/mol. The molecular weight excluding hydrogens is 246 g/mol. The number of amidine groups is 1. The molecule has 0 aromatic heterocycles. The average Bonchev–Trinajstić information content (AvgIpc) is 2.59. The predicted octanol–water partition coefficient (Wildman–Crippen LogP) is 1.89. The van der Waals surface area contributed by atoms with Gasteiger partial charge in [0.1, 0.15) is 0 Å². The van der Waals surface area contributed by atoms with E-state index < -0.39 is 0 Å². The molecule has 1 heterocycles.